The molecule has 5 heterocycles. The highest BCUT2D eigenvalue weighted by atomic mass is 32.2. The maximum absolute atomic E-state index is 17.9. The molecule has 13 nitrogen and oxygen atoms in total. The van der Waals surface area contributed by atoms with Crippen molar-refractivity contribution in [3.63, 3.8) is 0 Å². The monoisotopic (exact) mass is 918 g/mol. The fourth-order valence-electron chi connectivity index (χ4n) is 10.3. The SMILES string of the molecule is CCCCOC(=O)N1[C@@H]2CC[C@H]1[C@H]1[C@H](C)Oc3nc(-c4cc(NC(=O)OC(C)(C)C)cc5ccc(F)c(C#C[Si](C(C)C)(C(C)C)C(C)C)c45)c(F)c4nc(S(C)(=O)=O)nc(c34)N1C2. The van der Waals surface area contributed by atoms with Crippen LogP contribution < -0.4 is 15.0 Å². The number of sulfone groups is 1. The number of amides is 2. The van der Waals surface area contributed by atoms with E-state index in [0.717, 1.165) is 19.1 Å². The van der Waals surface area contributed by atoms with Gasteiger partial charge >= 0.3 is 12.2 Å². The highest BCUT2D eigenvalue weighted by Gasteiger charge is 2.53. The number of nitrogens with zero attached hydrogens (tertiary/aromatic N) is 5. The van der Waals surface area contributed by atoms with Crippen molar-refractivity contribution in [3.05, 3.63) is 41.5 Å². The predicted molar refractivity (Wildman–Crippen MR) is 247 cm³/mol. The van der Waals surface area contributed by atoms with Gasteiger partial charge in [0.1, 0.15) is 48.0 Å². The first-order chi connectivity index (χ1) is 30.0. The van der Waals surface area contributed by atoms with Gasteiger partial charge < -0.3 is 19.1 Å². The van der Waals surface area contributed by atoms with Crippen molar-refractivity contribution in [1.82, 2.24) is 19.9 Å². The van der Waals surface area contributed by atoms with Crippen LogP contribution in [0.4, 0.5) is 29.9 Å². The lowest BCUT2D eigenvalue weighted by molar-refractivity contribution is 0.0494. The maximum atomic E-state index is 17.9. The Morgan fingerprint density at radius 2 is 1.70 bits per heavy atom. The van der Waals surface area contributed by atoms with E-state index in [2.05, 4.69) is 68.3 Å². The van der Waals surface area contributed by atoms with Gasteiger partial charge in [0, 0.05) is 29.4 Å². The molecule has 3 aliphatic heterocycles. The Labute approximate surface area is 376 Å². The number of carbonyl (C=O) groups excluding carboxylic acids is 2. The van der Waals surface area contributed by atoms with Crippen LogP contribution in [0, 0.1) is 23.1 Å². The number of benzene rings is 2. The Balaban J connectivity index is 1.50. The van der Waals surface area contributed by atoms with Gasteiger partial charge in [-0.2, -0.15) is 0 Å². The van der Waals surface area contributed by atoms with Crippen molar-refractivity contribution < 1.29 is 41.0 Å². The zero-order chi connectivity index (χ0) is 46.8. The largest absolute Gasteiger partial charge is 0.472 e. The molecule has 2 fully saturated rings. The summed E-state index contributed by atoms with van der Waals surface area (Å²) in [5, 5.41) is 2.84. The van der Waals surface area contributed by atoms with Crippen molar-refractivity contribution in [2.45, 2.75) is 153 Å². The molecule has 2 saturated heterocycles. The summed E-state index contributed by atoms with van der Waals surface area (Å²) in [6.45, 7) is 22.4. The normalized spacial score (nSPS) is 19.7. The number of fused-ring (bicyclic) bond motifs is 6. The Morgan fingerprint density at radius 3 is 2.33 bits per heavy atom. The van der Waals surface area contributed by atoms with Crippen LogP contribution in [0.25, 0.3) is 32.9 Å². The second-order valence-electron chi connectivity index (χ2n) is 19.4. The third-order valence-electron chi connectivity index (χ3n) is 13.0. The minimum Gasteiger partial charge on any atom is -0.472 e. The molecular weight excluding hydrogens is 859 g/mol. The quantitative estimate of drug-likeness (QED) is 0.0739. The number of piperazine rings is 1. The summed E-state index contributed by atoms with van der Waals surface area (Å²) >= 11 is 0. The van der Waals surface area contributed by atoms with Crippen molar-refractivity contribution in [2.75, 3.05) is 29.6 Å². The van der Waals surface area contributed by atoms with Gasteiger partial charge in [0.15, 0.2) is 5.82 Å². The zero-order valence-corrected chi connectivity index (χ0v) is 40.7. The Morgan fingerprint density at radius 1 is 1.02 bits per heavy atom. The van der Waals surface area contributed by atoms with Crippen molar-refractivity contribution >= 4 is 63.3 Å². The number of unbranched alkanes of at least 4 members (excludes halogenated alkanes) is 1. The number of pyridine rings is 1. The summed E-state index contributed by atoms with van der Waals surface area (Å²) in [4.78, 5) is 44.2. The van der Waals surface area contributed by atoms with E-state index in [1.807, 2.05) is 18.7 Å². The van der Waals surface area contributed by atoms with Crippen molar-refractivity contribution in [3.8, 4) is 28.6 Å². The number of ether oxygens (including phenoxy) is 3. The average Bonchev–Trinajstić information content (AvgIpc) is 3.43. The second kappa shape index (κ2) is 17.4. The van der Waals surface area contributed by atoms with Crippen LogP contribution in [0.2, 0.25) is 16.6 Å². The Kier molecular flexibility index (Phi) is 12.7. The van der Waals surface area contributed by atoms with Crippen LogP contribution in [0.1, 0.15) is 107 Å². The molecule has 4 atom stereocenters. The van der Waals surface area contributed by atoms with Gasteiger partial charge in [0.2, 0.25) is 20.9 Å². The maximum Gasteiger partial charge on any atom is 0.412 e. The minimum absolute atomic E-state index is 0.0239. The zero-order valence-electron chi connectivity index (χ0n) is 38.9. The molecule has 0 spiro atoms. The van der Waals surface area contributed by atoms with E-state index in [1.54, 1.807) is 31.7 Å². The van der Waals surface area contributed by atoms with Gasteiger partial charge in [-0.15, -0.1) is 5.54 Å². The molecule has 4 aromatic rings. The first kappa shape index (κ1) is 46.9. The van der Waals surface area contributed by atoms with Crippen LogP contribution in [-0.4, -0.2) is 97.8 Å². The molecule has 2 amide bonds. The summed E-state index contributed by atoms with van der Waals surface area (Å²) in [7, 11) is -6.57. The second-order valence-corrected chi connectivity index (χ2v) is 26.9. The molecule has 0 aliphatic carbocycles. The first-order valence-corrected chi connectivity index (χ1v) is 26.4. The molecule has 344 valence electrons. The molecule has 0 unspecified atom stereocenters. The van der Waals surface area contributed by atoms with Gasteiger partial charge in [0.25, 0.3) is 0 Å². The number of halogens is 2. The predicted octanol–water partition coefficient (Wildman–Crippen LogP) is 10.2. The summed E-state index contributed by atoms with van der Waals surface area (Å²) in [5.41, 5.74) is 3.00. The van der Waals surface area contributed by atoms with Gasteiger partial charge in [-0.25, -0.2) is 41.7 Å². The number of rotatable bonds is 9. The van der Waals surface area contributed by atoms with E-state index in [-0.39, 0.29) is 86.3 Å². The molecule has 0 radical (unpaired) electrons. The molecule has 1 N–H and O–H groups in total. The molecule has 2 bridgehead atoms. The number of nitrogens with one attached hydrogen (secondary N) is 1. The molecule has 2 aromatic carbocycles. The smallest absolute Gasteiger partial charge is 0.412 e. The highest BCUT2D eigenvalue weighted by molar-refractivity contribution is 7.90. The summed E-state index contributed by atoms with van der Waals surface area (Å²) < 4.78 is 79.1. The molecule has 17 heteroatoms. The summed E-state index contributed by atoms with van der Waals surface area (Å²) in [5.74, 6) is 1.65. The van der Waals surface area contributed by atoms with Crippen LogP contribution in [0.3, 0.4) is 0 Å². The van der Waals surface area contributed by atoms with E-state index < -0.39 is 70.7 Å². The van der Waals surface area contributed by atoms with Crippen LogP contribution in [0.5, 0.6) is 5.88 Å². The van der Waals surface area contributed by atoms with Crippen molar-refractivity contribution in [1.29, 1.82) is 0 Å². The number of anilines is 2. The van der Waals surface area contributed by atoms with E-state index >= 15 is 8.78 Å². The van der Waals surface area contributed by atoms with E-state index in [1.165, 1.54) is 18.2 Å². The molecule has 3 aliphatic rings. The van der Waals surface area contributed by atoms with Gasteiger partial charge in [0.05, 0.1) is 30.3 Å². The van der Waals surface area contributed by atoms with Crippen LogP contribution >= 0.6 is 0 Å². The molecule has 0 saturated carbocycles. The van der Waals surface area contributed by atoms with Gasteiger partial charge in [-0.1, -0.05) is 66.9 Å². The third kappa shape index (κ3) is 8.47. The van der Waals surface area contributed by atoms with E-state index in [9.17, 15) is 18.0 Å². The number of hydrogen-bond donors (Lipinski definition) is 1. The fourth-order valence-corrected chi connectivity index (χ4v) is 16.0. The van der Waals surface area contributed by atoms with Crippen LogP contribution in [-0.2, 0) is 19.3 Å². The molecule has 64 heavy (non-hydrogen) atoms. The number of aromatic nitrogens is 3. The van der Waals surface area contributed by atoms with Crippen molar-refractivity contribution in [2.24, 2.45) is 0 Å². The average molecular weight is 919 g/mol. The standard InChI is InChI=1S/C47H60F2N6O7SSi/c1-13-14-20-60-46(57)55-31-16-18-35(55)41-28(8)61-43-37-40(52-44(63(12,58)59)53-42(37)54(41)24-31)38(49)39(51-43)33-23-30(50-45(56)62-47(9,10)11)22-29-15-17-34(48)32(36(29)33)19-21-64(25(2)3,26(4)5)27(6)7/h15,17,22-23,25-28,31,35,41H,13-14,16,18,20,24H2,1-12H3,(H,50,56)/t28-,31+,35-,41+/m0/s1. The first-order valence-electron chi connectivity index (χ1n) is 22.3. The number of carbonyl (C=O) groups is 2. The number of hydrogen-bond acceptors (Lipinski definition) is 11. The van der Waals surface area contributed by atoms with Gasteiger partial charge in [-0.05, 0) is 87.2 Å². The molecule has 2 aromatic heterocycles. The minimum atomic E-state index is -4.13. The lowest BCUT2D eigenvalue weighted by Crippen LogP contribution is -2.65. The van der Waals surface area contributed by atoms with E-state index in [4.69, 9.17) is 19.2 Å². The topological polar surface area (TPSA) is 153 Å². The van der Waals surface area contributed by atoms with Crippen LogP contribution in [0.15, 0.2) is 29.4 Å². The third-order valence-corrected chi connectivity index (χ3v) is 20.1. The lowest BCUT2D eigenvalue weighted by Gasteiger charge is -2.47. The van der Waals surface area contributed by atoms with E-state index in [0.29, 0.717) is 18.2 Å². The molecule has 7 rings (SSSR count). The van der Waals surface area contributed by atoms with Gasteiger partial charge in [-0.3, -0.25) is 10.2 Å². The Hall–Kier alpha value is -5.08. The fraction of sp³-hybridized carbons (Fsp3) is 0.553. The highest BCUT2D eigenvalue weighted by Crippen LogP contribution is 2.48. The summed E-state index contributed by atoms with van der Waals surface area (Å²) in [6.07, 6.45) is 1.90. The summed E-state index contributed by atoms with van der Waals surface area (Å²) in [6, 6.07) is 4.67. The lowest BCUT2D eigenvalue weighted by atomic mass is 9.95. The Bertz CT molecular complexity index is 2680. The molecular formula is C47H60F2N6O7SSi.